The third kappa shape index (κ3) is 32.5. The average molecular weight is 2010 g/mol. The Labute approximate surface area is 867 Å². The summed E-state index contributed by atoms with van der Waals surface area (Å²) in [5, 5.41) is 19.6. The first kappa shape index (κ1) is 109. The molecule has 0 unspecified atom stereocenters. The van der Waals surface area contributed by atoms with Crippen LogP contribution in [-0.4, -0.2) is 224 Å². The van der Waals surface area contributed by atoms with Gasteiger partial charge in [0.2, 0.25) is 35.4 Å². The van der Waals surface area contributed by atoms with Crippen molar-refractivity contribution in [1.82, 2.24) is 34.3 Å². The highest BCUT2D eigenvalue weighted by Crippen LogP contribution is 2.40. The number of likely N-dealkylation sites (tertiary alicyclic amines) is 6. The van der Waals surface area contributed by atoms with Crippen molar-refractivity contribution in [1.29, 1.82) is 5.26 Å². The van der Waals surface area contributed by atoms with Crippen molar-refractivity contribution in [3.63, 3.8) is 0 Å². The van der Waals surface area contributed by atoms with E-state index in [-0.39, 0.29) is 83.7 Å². The standard InChI is InChI=1S/C21H22ClNO3.C21H20N2O2.C21H23NO3.C20H20ClNO2.C20H21NO3.C17H22N2O3/c1-3-21(24)23-12-10-15(11-13-23)26-16-8-9-19(22)18(14-16)17-6-4-5-7-20(17)25-2;1-2-21(24)23-12-10-19(11-13-23)25-20-5-3-4-18(14-20)17-8-6-16(15-22)7-9-17;1-3-21(23)22-11-9-18(10-12-22)25-20-14-17(13-19(15-20)24-2)16-7-5-4-6-8-16;1-2-20(23)22-12-10-16(11-13-22)24-17-8-9-19(21)18(14-17)15-6-4-3-5-7-15;1-2-20(23)21-12-10-18(11-13-21)24-19-5-3-4-16(14-19)15-6-8-17(22)9-7-15;1-4-16(20)19-10-8-14(9-11-19)22-15-7-5-6-13(12-15)17(21)18(2)3/h3-9,14-15H,1,10-13H2,2H3;2-9,14,19H,1,10-13H2;3-8,13-15,18H,1,9-12H2,2H3;2-9,14,16H,1,10-13H2;2-9,14,18,22H,1,10-13H2;4-7,12,14H,1,8-11H2,2-3H3. The number of amides is 7. The number of benzene rings is 11. The minimum atomic E-state index is -0.0446. The van der Waals surface area contributed by atoms with Crippen LogP contribution in [0.1, 0.15) is 93.0 Å². The molecule has 24 nitrogen and oxygen atoms in total. The number of phenolic OH excluding ortho intramolecular Hbond substituents is 1. The van der Waals surface area contributed by atoms with Crippen LogP contribution in [0.15, 0.2) is 337 Å². The molecule has 11 aromatic carbocycles. The van der Waals surface area contributed by atoms with Gasteiger partial charge in [-0.05, 0) is 197 Å². The van der Waals surface area contributed by atoms with Gasteiger partial charge in [0.1, 0.15) is 88.4 Å². The van der Waals surface area contributed by atoms with Gasteiger partial charge in [-0.2, -0.15) is 5.26 Å². The molecular formula is C120H128Cl2N8O16. The Hall–Kier alpha value is -15.6. The summed E-state index contributed by atoms with van der Waals surface area (Å²) in [7, 11) is 6.75. The molecule has 1 N–H and O–H groups in total. The lowest BCUT2D eigenvalue weighted by Gasteiger charge is -2.31. The highest BCUT2D eigenvalue weighted by Gasteiger charge is 2.30. The van der Waals surface area contributed by atoms with Crippen molar-refractivity contribution >= 4 is 64.6 Å². The number of rotatable bonds is 26. The summed E-state index contributed by atoms with van der Waals surface area (Å²) in [5.74, 6) is 6.39. The fraction of sp³-hybridized carbons (Fsp3) is 0.283. The highest BCUT2D eigenvalue weighted by atomic mass is 35.5. The molecule has 0 saturated carbocycles. The van der Waals surface area contributed by atoms with Gasteiger partial charge in [0.15, 0.2) is 0 Å². The monoisotopic (exact) mass is 2010 g/mol. The van der Waals surface area contributed by atoms with Crippen molar-refractivity contribution in [3.05, 3.63) is 358 Å². The minimum Gasteiger partial charge on any atom is -0.508 e. The third-order valence-corrected chi connectivity index (χ3v) is 26.3. The van der Waals surface area contributed by atoms with Crippen molar-refractivity contribution in [2.45, 2.75) is 114 Å². The van der Waals surface area contributed by atoms with Crippen LogP contribution in [0.2, 0.25) is 10.0 Å². The second-order valence-electron chi connectivity index (χ2n) is 35.7. The summed E-state index contributed by atoms with van der Waals surface area (Å²) in [5.41, 5.74) is 11.5. The van der Waals surface area contributed by atoms with E-state index in [1.54, 1.807) is 77.1 Å². The van der Waals surface area contributed by atoms with E-state index in [0.29, 0.717) is 105 Å². The Morgan fingerprint density at radius 2 is 0.610 bits per heavy atom. The van der Waals surface area contributed by atoms with Crippen LogP contribution in [0, 0.1) is 11.3 Å². The first-order valence-electron chi connectivity index (χ1n) is 49.2. The fourth-order valence-corrected chi connectivity index (χ4v) is 18.0. The third-order valence-electron chi connectivity index (χ3n) is 25.7. The number of carbonyl (C=O) groups is 7. The summed E-state index contributed by atoms with van der Waals surface area (Å²) < 4.78 is 47.5. The van der Waals surface area contributed by atoms with E-state index in [1.165, 1.54) is 36.5 Å². The van der Waals surface area contributed by atoms with Crippen molar-refractivity contribution in [2.24, 2.45) is 0 Å². The number of ether oxygens (including phenoxy) is 8. The molecule has 6 aliphatic heterocycles. The molecule has 0 atom stereocenters. The van der Waals surface area contributed by atoms with Crippen LogP contribution < -0.4 is 37.9 Å². The molecule has 11 aromatic rings. The van der Waals surface area contributed by atoms with E-state index in [4.69, 9.17) is 66.4 Å². The van der Waals surface area contributed by atoms with Gasteiger partial charge in [-0.1, -0.05) is 196 Å². The number of para-hydroxylation sites is 1. The van der Waals surface area contributed by atoms with Gasteiger partial charge in [0, 0.05) is 208 Å². The maximum absolute atomic E-state index is 12.0. The van der Waals surface area contributed by atoms with Crippen LogP contribution in [0.3, 0.4) is 0 Å². The van der Waals surface area contributed by atoms with Gasteiger partial charge in [0.25, 0.3) is 5.91 Å². The second kappa shape index (κ2) is 55.9. The van der Waals surface area contributed by atoms with E-state index in [9.17, 15) is 38.7 Å². The molecule has 146 heavy (non-hydrogen) atoms. The maximum atomic E-state index is 12.0. The van der Waals surface area contributed by atoms with E-state index in [0.717, 1.165) is 173 Å². The van der Waals surface area contributed by atoms with Gasteiger partial charge in [-0.25, -0.2) is 0 Å². The zero-order valence-electron chi connectivity index (χ0n) is 83.4. The summed E-state index contributed by atoms with van der Waals surface area (Å²) in [6.45, 7) is 29.5. The van der Waals surface area contributed by atoms with E-state index in [2.05, 4.69) is 57.7 Å². The normalized spacial score (nSPS) is 14.9. The Bertz CT molecular complexity index is 6290. The Morgan fingerprint density at radius 1 is 0.308 bits per heavy atom. The molecule has 7 amide bonds. The number of methoxy groups -OCH3 is 2. The first-order valence-corrected chi connectivity index (χ1v) is 49.9. The van der Waals surface area contributed by atoms with E-state index >= 15 is 0 Å². The summed E-state index contributed by atoms with van der Waals surface area (Å²) in [6.07, 6.45) is 18.5. The van der Waals surface area contributed by atoms with E-state index < -0.39 is 0 Å². The van der Waals surface area contributed by atoms with Gasteiger partial charge in [-0.15, -0.1) is 0 Å². The molecule has 0 radical (unpaired) electrons. The molecule has 758 valence electrons. The van der Waals surface area contributed by atoms with E-state index in [1.807, 2.05) is 234 Å². The molecule has 6 fully saturated rings. The molecule has 6 saturated heterocycles. The number of halogens is 2. The summed E-state index contributed by atoms with van der Waals surface area (Å²) in [4.78, 5) is 94.0. The van der Waals surface area contributed by atoms with Crippen LogP contribution in [-0.2, 0) is 28.8 Å². The number of piperidine rings is 6. The number of nitriles is 1. The molecule has 17 rings (SSSR count). The average Bonchev–Trinajstić information content (AvgIpc) is 0.818. The van der Waals surface area contributed by atoms with Crippen molar-refractivity contribution in [3.8, 4) is 113 Å². The molecular weight excluding hydrogens is 1880 g/mol. The lowest BCUT2D eigenvalue weighted by atomic mass is 10.0. The van der Waals surface area contributed by atoms with Gasteiger partial charge in [0.05, 0.1) is 25.9 Å². The smallest absolute Gasteiger partial charge is 0.253 e. The second-order valence-corrected chi connectivity index (χ2v) is 36.5. The van der Waals surface area contributed by atoms with Crippen LogP contribution in [0.4, 0.5) is 0 Å². The number of carbonyl (C=O) groups excluding carboxylic acids is 7. The van der Waals surface area contributed by atoms with Crippen LogP contribution in [0.5, 0.6) is 51.7 Å². The van der Waals surface area contributed by atoms with Crippen LogP contribution in [0.25, 0.3) is 55.6 Å². The van der Waals surface area contributed by atoms with Gasteiger partial charge < -0.3 is 77.3 Å². The zero-order chi connectivity index (χ0) is 104. The zero-order valence-corrected chi connectivity index (χ0v) is 84.9. The summed E-state index contributed by atoms with van der Waals surface area (Å²) >= 11 is 12.7. The lowest BCUT2D eigenvalue weighted by Crippen LogP contribution is -2.41. The lowest BCUT2D eigenvalue weighted by molar-refractivity contribution is -0.128. The largest absolute Gasteiger partial charge is 0.508 e. The Balaban J connectivity index is 0.000000156. The number of hydrogen-bond acceptors (Lipinski definition) is 17. The quantitative estimate of drug-likeness (QED) is 0.0494. The topological polar surface area (TPSA) is 260 Å². The minimum absolute atomic E-state index is 0.00805. The van der Waals surface area contributed by atoms with Crippen LogP contribution >= 0.6 is 23.2 Å². The number of nitrogens with zero attached hydrogens (tertiary/aromatic N) is 8. The molecule has 0 bridgehead atoms. The number of aromatic hydroxyl groups is 1. The molecule has 26 heteroatoms. The fourth-order valence-electron chi connectivity index (χ4n) is 17.6. The SMILES string of the molecule is C=CC(=O)N1CCC(Oc2cc(OC)cc(-c3ccccc3)c2)CC1.C=CC(=O)N1CCC(Oc2ccc(Cl)c(-c3ccccc3)c2)CC1.C=CC(=O)N1CCC(Oc2ccc(Cl)c(-c3ccccc3OC)c2)CC1.C=CC(=O)N1CCC(Oc2cccc(-c3ccc(C#N)cc3)c2)CC1.C=CC(=O)N1CCC(Oc2cccc(-c3ccc(O)cc3)c2)CC1.C=CC(=O)N1CCC(Oc2cccc(C(=O)N(C)C)c2)CC1. The van der Waals surface area contributed by atoms with Gasteiger partial charge in [-0.3, -0.25) is 33.6 Å². The Morgan fingerprint density at radius 3 is 0.973 bits per heavy atom. The number of phenols is 1. The van der Waals surface area contributed by atoms with Crippen molar-refractivity contribution in [2.75, 3.05) is 107 Å². The highest BCUT2D eigenvalue weighted by molar-refractivity contribution is 6.34. The predicted molar refractivity (Wildman–Crippen MR) is 576 cm³/mol. The summed E-state index contributed by atoms with van der Waals surface area (Å²) in [6, 6.07) is 85.2. The molecule has 6 aliphatic rings. The first-order chi connectivity index (χ1) is 70.8. The van der Waals surface area contributed by atoms with Crippen molar-refractivity contribution < 1.29 is 76.6 Å². The molecule has 0 aliphatic carbocycles. The predicted octanol–water partition coefficient (Wildman–Crippen LogP) is 22.4. The molecule has 6 heterocycles. The number of hydrogen-bond donors (Lipinski definition) is 1. The van der Waals surface area contributed by atoms with Gasteiger partial charge >= 0.3 is 0 Å². The maximum Gasteiger partial charge on any atom is 0.253 e. The molecule has 0 spiro atoms. The molecule has 0 aromatic heterocycles. The Kier molecular flexibility index (Phi) is 41.8.